The van der Waals surface area contributed by atoms with E-state index in [1.54, 1.807) is 18.2 Å². The number of carbonyl (C=O) groups is 1. The number of hydrogen-bond acceptors (Lipinski definition) is 6. The maximum atomic E-state index is 12.7. The van der Waals surface area contributed by atoms with Gasteiger partial charge in [-0.25, -0.2) is 0 Å². The van der Waals surface area contributed by atoms with Crippen molar-refractivity contribution in [2.45, 2.75) is 31.7 Å². The first-order chi connectivity index (χ1) is 12.9. The summed E-state index contributed by atoms with van der Waals surface area (Å²) < 4.78 is 5.48. The molecule has 27 heavy (non-hydrogen) atoms. The van der Waals surface area contributed by atoms with Gasteiger partial charge < -0.3 is 25.2 Å². The Bertz CT molecular complexity index is 888. The van der Waals surface area contributed by atoms with Gasteiger partial charge in [0.25, 0.3) is 5.91 Å². The van der Waals surface area contributed by atoms with Gasteiger partial charge in [0.1, 0.15) is 5.75 Å². The van der Waals surface area contributed by atoms with E-state index in [1.165, 1.54) is 11.6 Å². The van der Waals surface area contributed by atoms with Crippen LogP contribution in [0.3, 0.4) is 0 Å². The summed E-state index contributed by atoms with van der Waals surface area (Å²) in [6.07, 6.45) is -1.36. The van der Waals surface area contributed by atoms with Gasteiger partial charge in [0.05, 0.1) is 5.94 Å². The third kappa shape index (κ3) is 3.44. The van der Waals surface area contributed by atoms with E-state index >= 15 is 0 Å². The van der Waals surface area contributed by atoms with E-state index in [2.05, 4.69) is 10.2 Å². The molecule has 4 rings (SSSR count). The molecule has 2 heterocycles. The van der Waals surface area contributed by atoms with Gasteiger partial charge in [0, 0.05) is 24.2 Å². The molecule has 1 atom stereocenters. The van der Waals surface area contributed by atoms with Crippen molar-refractivity contribution >= 4 is 13.0 Å². The predicted molar refractivity (Wildman–Crippen MR) is 98.8 cm³/mol. The highest BCUT2D eigenvalue weighted by Crippen LogP contribution is 2.33. The molecule has 2 aliphatic heterocycles. The Morgan fingerprint density at radius 3 is 2.78 bits per heavy atom. The Morgan fingerprint density at radius 2 is 2.00 bits per heavy atom. The standard InChI is InChI=1S/C19H21BN2O5/c1-22-9-13-6-5-12(7-14(13)10-22)18(23)21-16-8-11-3-2-4-15(19(24)25)17(11)27-20(16)26/h2-7,16,19,24-26H,8-10H2,1H3,(H,21,23)/t16-/m0/s1. The normalized spacial score (nSPS) is 18.9. The lowest BCUT2D eigenvalue weighted by atomic mass is 9.72. The Kier molecular flexibility index (Phi) is 4.65. The molecule has 0 bridgehead atoms. The highest BCUT2D eigenvalue weighted by molar-refractivity contribution is 6.47. The molecule has 0 saturated heterocycles. The second kappa shape index (κ2) is 6.97. The minimum Gasteiger partial charge on any atom is -0.534 e. The van der Waals surface area contributed by atoms with Crippen LogP contribution < -0.4 is 9.97 Å². The molecule has 7 nitrogen and oxygen atoms in total. The van der Waals surface area contributed by atoms with Crippen molar-refractivity contribution < 1.29 is 24.7 Å². The molecule has 2 aromatic carbocycles. The number of aliphatic hydroxyl groups excluding tert-OH is 1. The molecule has 2 aliphatic rings. The van der Waals surface area contributed by atoms with Gasteiger partial charge in [0.2, 0.25) is 0 Å². The average Bonchev–Trinajstić information content (AvgIpc) is 3.00. The molecule has 140 valence electrons. The number of aliphatic hydroxyl groups is 2. The van der Waals surface area contributed by atoms with E-state index in [4.69, 9.17) is 4.65 Å². The lowest BCUT2D eigenvalue weighted by molar-refractivity contribution is -0.0436. The summed E-state index contributed by atoms with van der Waals surface area (Å²) >= 11 is 0. The molecular weight excluding hydrogens is 347 g/mol. The number of rotatable bonds is 3. The van der Waals surface area contributed by atoms with E-state index in [-0.39, 0.29) is 17.2 Å². The van der Waals surface area contributed by atoms with Crippen molar-refractivity contribution in [2.24, 2.45) is 0 Å². The summed E-state index contributed by atoms with van der Waals surface area (Å²) in [5, 5.41) is 32.0. The van der Waals surface area contributed by atoms with E-state index in [1.807, 2.05) is 19.2 Å². The number of amides is 1. The maximum absolute atomic E-state index is 12.7. The van der Waals surface area contributed by atoms with Gasteiger partial charge in [0.15, 0.2) is 6.29 Å². The van der Waals surface area contributed by atoms with Crippen molar-refractivity contribution in [2.75, 3.05) is 7.05 Å². The Morgan fingerprint density at radius 1 is 1.22 bits per heavy atom. The third-order valence-corrected chi connectivity index (χ3v) is 5.09. The average molecular weight is 368 g/mol. The Hall–Kier alpha value is -2.39. The van der Waals surface area contributed by atoms with Crippen LogP contribution in [-0.4, -0.2) is 46.2 Å². The van der Waals surface area contributed by atoms with E-state index in [9.17, 15) is 20.0 Å². The van der Waals surface area contributed by atoms with Crippen LogP contribution in [0.25, 0.3) is 0 Å². The van der Waals surface area contributed by atoms with Crippen molar-refractivity contribution in [3.63, 3.8) is 0 Å². The van der Waals surface area contributed by atoms with Crippen molar-refractivity contribution in [3.8, 4) is 5.75 Å². The van der Waals surface area contributed by atoms with E-state index < -0.39 is 19.3 Å². The number of benzene rings is 2. The lowest BCUT2D eigenvalue weighted by Gasteiger charge is -2.29. The fraction of sp³-hybridized carbons (Fsp3) is 0.316. The molecular formula is C19H21BN2O5. The zero-order valence-electron chi connectivity index (χ0n) is 14.9. The first kappa shape index (κ1) is 18.0. The number of nitrogens with zero attached hydrogens (tertiary/aromatic N) is 1. The van der Waals surface area contributed by atoms with Crippen LogP contribution in [0, 0.1) is 0 Å². The summed E-state index contributed by atoms with van der Waals surface area (Å²) in [5.74, 6) is -0.653. The van der Waals surface area contributed by atoms with E-state index in [0.717, 1.165) is 18.7 Å². The topological polar surface area (TPSA) is 102 Å². The second-order valence-corrected chi connectivity index (χ2v) is 7.16. The molecule has 0 fully saturated rings. The van der Waals surface area contributed by atoms with Gasteiger partial charge in [-0.3, -0.25) is 9.69 Å². The quantitative estimate of drug-likeness (QED) is 0.461. The fourth-order valence-electron chi connectivity index (χ4n) is 3.73. The summed E-state index contributed by atoms with van der Waals surface area (Å²) in [7, 11) is 0.756. The van der Waals surface area contributed by atoms with Gasteiger partial charge in [-0.2, -0.15) is 0 Å². The van der Waals surface area contributed by atoms with Crippen LogP contribution in [0.1, 0.15) is 38.9 Å². The minimum atomic E-state index is -1.69. The molecule has 8 heteroatoms. The van der Waals surface area contributed by atoms with Crippen LogP contribution >= 0.6 is 0 Å². The summed E-state index contributed by atoms with van der Waals surface area (Å²) in [4.78, 5) is 14.8. The summed E-state index contributed by atoms with van der Waals surface area (Å²) in [6.45, 7) is 1.69. The molecule has 0 aromatic heterocycles. The first-order valence-electron chi connectivity index (χ1n) is 8.86. The van der Waals surface area contributed by atoms with Gasteiger partial charge in [-0.15, -0.1) is 0 Å². The molecule has 0 unspecified atom stereocenters. The van der Waals surface area contributed by atoms with Crippen LogP contribution in [0.5, 0.6) is 5.75 Å². The highest BCUT2D eigenvalue weighted by Gasteiger charge is 2.37. The molecule has 1 amide bonds. The highest BCUT2D eigenvalue weighted by atomic mass is 16.5. The SMILES string of the molecule is CN1Cc2ccc(C(=O)N[C@H]3Cc4cccc(C(O)O)c4OB3O)cc2C1. The zero-order chi connectivity index (χ0) is 19.1. The molecule has 0 saturated carbocycles. The summed E-state index contributed by atoms with van der Waals surface area (Å²) in [5.41, 5.74) is 3.80. The monoisotopic (exact) mass is 368 g/mol. The lowest BCUT2D eigenvalue weighted by Crippen LogP contribution is -2.53. The summed E-state index contributed by atoms with van der Waals surface area (Å²) in [6, 6.07) is 10.6. The van der Waals surface area contributed by atoms with Crippen molar-refractivity contribution in [1.29, 1.82) is 0 Å². The third-order valence-electron chi connectivity index (χ3n) is 5.09. The maximum Gasteiger partial charge on any atom is 0.547 e. The van der Waals surface area contributed by atoms with Gasteiger partial charge in [-0.1, -0.05) is 24.3 Å². The second-order valence-electron chi connectivity index (χ2n) is 7.16. The molecule has 2 aromatic rings. The molecule has 0 aliphatic carbocycles. The number of hydrogen-bond donors (Lipinski definition) is 4. The largest absolute Gasteiger partial charge is 0.547 e. The van der Waals surface area contributed by atoms with Gasteiger partial charge >= 0.3 is 7.12 Å². The first-order valence-corrected chi connectivity index (χ1v) is 8.86. The van der Waals surface area contributed by atoms with Crippen LogP contribution in [-0.2, 0) is 19.5 Å². The van der Waals surface area contributed by atoms with Crippen LogP contribution in [0.4, 0.5) is 0 Å². The smallest absolute Gasteiger partial charge is 0.534 e. The number of carbonyl (C=O) groups excluding carboxylic acids is 1. The predicted octanol–water partition coefficient (Wildman–Crippen LogP) is 0.368. The number of fused-ring (bicyclic) bond motifs is 2. The minimum absolute atomic E-state index is 0.194. The Balaban J connectivity index is 1.51. The fourth-order valence-corrected chi connectivity index (χ4v) is 3.73. The Labute approximate surface area is 157 Å². The van der Waals surface area contributed by atoms with Crippen molar-refractivity contribution in [1.82, 2.24) is 10.2 Å². The van der Waals surface area contributed by atoms with Crippen molar-refractivity contribution in [3.05, 3.63) is 64.2 Å². The van der Waals surface area contributed by atoms with E-state index in [0.29, 0.717) is 17.5 Å². The molecule has 4 N–H and O–H groups in total. The number of para-hydroxylation sites is 1. The zero-order valence-corrected chi connectivity index (χ0v) is 14.9. The molecule has 0 spiro atoms. The molecule has 0 radical (unpaired) electrons. The van der Waals surface area contributed by atoms with Crippen LogP contribution in [0.15, 0.2) is 36.4 Å². The van der Waals surface area contributed by atoms with Crippen LogP contribution in [0.2, 0.25) is 0 Å². The number of nitrogens with one attached hydrogen (secondary N) is 1. The van der Waals surface area contributed by atoms with Gasteiger partial charge in [-0.05, 0) is 42.3 Å².